The normalized spacial score (nSPS) is 13.9. The Morgan fingerprint density at radius 3 is 2.48 bits per heavy atom. The average Bonchev–Trinajstić information content (AvgIpc) is 3.11. The van der Waals surface area contributed by atoms with E-state index in [-0.39, 0.29) is 11.8 Å². The lowest BCUT2D eigenvalue weighted by Gasteiger charge is -2.14. The number of rotatable bonds is 3. The fourth-order valence-electron chi connectivity index (χ4n) is 2.51. The summed E-state index contributed by atoms with van der Waals surface area (Å²) in [6, 6.07) is 9.96. The molecule has 1 aliphatic rings. The molecule has 0 spiro atoms. The first-order chi connectivity index (χ1) is 11.1. The molecule has 0 atom stereocenters. The molecule has 6 heteroatoms. The minimum Gasteiger partial charge on any atom is -0.337 e. The lowest BCUT2D eigenvalue weighted by atomic mass is 10.2. The van der Waals surface area contributed by atoms with Gasteiger partial charge in [-0.05, 0) is 49.2 Å². The van der Waals surface area contributed by atoms with Crippen molar-refractivity contribution in [3.63, 3.8) is 0 Å². The van der Waals surface area contributed by atoms with E-state index in [4.69, 9.17) is 11.6 Å². The Kier molecular flexibility index (Phi) is 4.57. The number of amides is 2. The third-order valence-corrected chi connectivity index (χ3v) is 3.99. The summed E-state index contributed by atoms with van der Waals surface area (Å²) in [6.07, 6.45) is 3.52. The zero-order chi connectivity index (χ0) is 16.2. The van der Waals surface area contributed by atoms with Gasteiger partial charge in [-0.3, -0.25) is 14.6 Å². The van der Waals surface area contributed by atoms with E-state index in [0.717, 1.165) is 25.9 Å². The van der Waals surface area contributed by atoms with Crippen molar-refractivity contribution in [3.8, 4) is 0 Å². The molecule has 1 aromatic heterocycles. The van der Waals surface area contributed by atoms with Gasteiger partial charge in [0, 0.05) is 35.6 Å². The highest BCUT2D eigenvalue weighted by atomic mass is 35.5. The van der Waals surface area contributed by atoms with Crippen LogP contribution < -0.4 is 5.32 Å². The molecule has 2 aromatic rings. The number of pyridine rings is 1. The SMILES string of the molecule is O=C(Nc1ccc(Cl)cc1)c1ccnc(C(=O)N2CCCC2)c1. The summed E-state index contributed by atoms with van der Waals surface area (Å²) in [4.78, 5) is 30.5. The summed E-state index contributed by atoms with van der Waals surface area (Å²) in [5, 5.41) is 3.37. The van der Waals surface area contributed by atoms with Crippen LogP contribution in [-0.4, -0.2) is 34.8 Å². The Hall–Kier alpha value is -2.40. The molecular weight excluding hydrogens is 314 g/mol. The summed E-state index contributed by atoms with van der Waals surface area (Å²) in [6.45, 7) is 1.50. The van der Waals surface area contributed by atoms with E-state index in [2.05, 4.69) is 10.3 Å². The molecule has 2 amide bonds. The highest BCUT2D eigenvalue weighted by Crippen LogP contribution is 2.16. The van der Waals surface area contributed by atoms with Gasteiger partial charge in [0.05, 0.1) is 0 Å². The maximum atomic E-state index is 12.3. The van der Waals surface area contributed by atoms with Crippen molar-refractivity contribution in [2.45, 2.75) is 12.8 Å². The van der Waals surface area contributed by atoms with Crippen LogP contribution in [0.3, 0.4) is 0 Å². The third-order valence-electron chi connectivity index (χ3n) is 3.74. The van der Waals surface area contributed by atoms with Crippen molar-refractivity contribution < 1.29 is 9.59 Å². The first-order valence-electron chi connectivity index (χ1n) is 7.46. The predicted molar refractivity (Wildman–Crippen MR) is 88.8 cm³/mol. The molecule has 0 unspecified atom stereocenters. The van der Waals surface area contributed by atoms with Crippen LogP contribution in [0.5, 0.6) is 0 Å². The number of anilines is 1. The van der Waals surface area contributed by atoms with Gasteiger partial charge >= 0.3 is 0 Å². The number of hydrogen-bond acceptors (Lipinski definition) is 3. The van der Waals surface area contributed by atoms with Crippen LogP contribution in [-0.2, 0) is 0 Å². The average molecular weight is 330 g/mol. The van der Waals surface area contributed by atoms with Crippen LogP contribution in [0.2, 0.25) is 5.02 Å². The van der Waals surface area contributed by atoms with Crippen molar-refractivity contribution >= 4 is 29.1 Å². The number of carbonyl (C=O) groups is 2. The van der Waals surface area contributed by atoms with Gasteiger partial charge in [0.2, 0.25) is 0 Å². The van der Waals surface area contributed by atoms with Crippen LogP contribution in [0.1, 0.15) is 33.7 Å². The summed E-state index contributed by atoms with van der Waals surface area (Å²) >= 11 is 5.82. The highest BCUT2D eigenvalue weighted by molar-refractivity contribution is 6.30. The fourth-order valence-corrected chi connectivity index (χ4v) is 2.63. The second-order valence-electron chi connectivity index (χ2n) is 5.39. The molecule has 1 aliphatic heterocycles. The fraction of sp³-hybridized carbons (Fsp3) is 0.235. The van der Waals surface area contributed by atoms with Gasteiger partial charge in [-0.1, -0.05) is 11.6 Å². The third kappa shape index (κ3) is 3.68. The second kappa shape index (κ2) is 6.79. The minimum atomic E-state index is -0.287. The standard InChI is InChI=1S/C17H16ClN3O2/c18-13-3-5-14(6-4-13)20-16(22)12-7-8-19-15(11-12)17(23)21-9-1-2-10-21/h3-8,11H,1-2,9-10H2,(H,20,22). The van der Waals surface area contributed by atoms with E-state index in [1.807, 2.05) is 0 Å². The molecule has 1 saturated heterocycles. The Morgan fingerprint density at radius 2 is 1.78 bits per heavy atom. The van der Waals surface area contributed by atoms with Crippen molar-refractivity contribution in [2.75, 3.05) is 18.4 Å². The summed E-state index contributed by atoms with van der Waals surface area (Å²) < 4.78 is 0. The summed E-state index contributed by atoms with van der Waals surface area (Å²) in [5.74, 6) is -0.408. The van der Waals surface area contributed by atoms with Gasteiger partial charge < -0.3 is 10.2 Å². The molecule has 0 aliphatic carbocycles. The molecule has 1 aromatic carbocycles. The van der Waals surface area contributed by atoms with E-state index >= 15 is 0 Å². The largest absolute Gasteiger partial charge is 0.337 e. The van der Waals surface area contributed by atoms with E-state index < -0.39 is 0 Å². The van der Waals surface area contributed by atoms with Gasteiger partial charge in [0.15, 0.2) is 0 Å². The quantitative estimate of drug-likeness (QED) is 0.940. The molecule has 3 rings (SSSR count). The van der Waals surface area contributed by atoms with Crippen molar-refractivity contribution in [1.29, 1.82) is 0 Å². The molecule has 118 valence electrons. The molecule has 2 heterocycles. The van der Waals surface area contributed by atoms with Crippen LogP contribution in [0.25, 0.3) is 0 Å². The Balaban J connectivity index is 1.74. The molecule has 1 N–H and O–H groups in total. The monoisotopic (exact) mass is 329 g/mol. The number of nitrogens with zero attached hydrogens (tertiary/aromatic N) is 2. The van der Waals surface area contributed by atoms with E-state index in [9.17, 15) is 9.59 Å². The lowest BCUT2D eigenvalue weighted by molar-refractivity contribution is 0.0787. The van der Waals surface area contributed by atoms with Gasteiger partial charge in [0.1, 0.15) is 5.69 Å². The number of likely N-dealkylation sites (tertiary alicyclic amines) is 1. The number of halogens is 1. The molecule has 0 bridgehead atoms. The highest BCUT2D eigenvalue weighted by Gasteiger charge is 2.21. The molecular formula is C17H16ClN3O2. The topological polar surface area (TPSA) is 62.3 Å². The first-order valence-corrected chi connectivity index (χ1v) is 7.83. The van der Waals surface area contributed by atoms with Gasteiger partial charge in [-0.2, -0.15) is 0 Å². The van der Waals surface area contributed by atoms with E-state index in [0.29, 0.717) is 22.0 Å². The maximum Gasteiger partial charge on any atom is 0.272 e. The Labute approximate surface area is 139 Å². The number of aromatic nitrogens is 1. The van der Waals surface area contributed by atoms with Crippen LogP contribution in [0, 0.1) is 0 Å². The molecule has 23 heavy (non-hydrogen) atoms. The lowest BCUT2D eigenvalue weighted by Crippen LogP contribution is -2.28. The zero-order valence-electron chi connectivity index (χ0n) is 12.5. The van der Waals surface area contributed by atoms with Crippen molar-refractivity contribution in [1.82, 2.24) is 9.88 Å². The molecule has 0 saturated carbocycles. The Morgan fingerprint density at radius 1 is 1.09 bits per heavy atom. The minimum absolute atomic E-state index is 0.122. The Bertz CT molecular complexity index is 725. The molecule has 1 fully saturated rings. The number of hydrogen-bond donors (Lipinski definition) is 1. The van der Waals surface area contributed by atoms with Crippen molar-refractivity contribution in [2.24, 2.45) is 0 Å². The smallest absolute Gasteiger partial charge is 0.272 e. The number of benzene rings is 1. The zero-order valence-corrected chi connectivity index (χ0v) is 13.2. The van der Waals surface area contributed by atoms with Crippen LogP contribution in [0.15, 0.2) is 42.6 Å². The van der Waals surface area contributed by atoms with Crippen molar-refractivity contribution in [3.05, 3.63) is 58.9 Å². The summed E-state index contributed by atoms with van der Waals surface area (Å²) in [5.41, 5.74) is 1.34. The number of nitrogens with one attached hydrogen (secondary N) is 1. The van der Waals surface area contributed by atoms with Crippen LogP contribution in [0.4, 0.5) is 5.69 Å². The summed E-state index contributed by atoms with van der Waals surface area (Å²) in [7, 11) is 0. The second-order valence-corrected chi connectivity index (χ2v) is 5.83. The molecule has 0 radical (unpaired) electrons. The number of carbonyl (C=O) groups excluding carboxylic acids is 2. The first kappa shape index (κ1) is 15.5. The maximum absolute atomic E-state index is 12.3. The van der Waals surface area contributed by atoms with E-state index in [1.165, 1.54) is 12.3 Å². The predicted octanol–water partition coefficient (Wildman–Crippen LogP) is 3.22. The molecule has 5 nitrogen and oxygen atoms in total. The van der Waals surface area contributed by atoms with E-state index in [1.54, 1.807) is 35.2 Å². The van der Waals surface area contributed by atoms with Crippen LogP contribution >= 0.6 is 11.6 Å². The van der Waals surface area contributed by atoms with Gasteiger partial charge in [0.25, 0.3) is 11.8 Å². The van der Waals surface area contributed by atoms with Gasteiger partial charge in [-0.15, -0.1) is 0 Å². The van der Waals surface area contributed by atoms with Gasteiger partial charge in [-0.25, -0.2) is 0 Å².